The highest BCUT2D eigenvalue weighted by Crippen LogP contribution is 2.18. The molecule has 2 amide bonds. The van der Waals surface area contributed by atoms with E-state index in [0.29, 0.717) is 38.8 Å². The van der Waals surface area contributed by atoms with Crippen LogP contribution in [0.5, 0.6) is 0 Å². The predicted octanol–water partition coefficient (Wildman–Crippen LogP) is 5.90. The fourth-order valence-electron chi connectivity index (χ4n) is 3.77. The van der Waals surface area contributed by atoms with Gasteiger partial charge in [0.05, 0.1) is 6.61 Å². The summed E-state index contributed by atoms with van der Waals surface area (Å²) in [5, 5.41) is 0. The van der Waals surface area contributed by atoms with Crippen molar-refractivity contribution >= 4 is 17.8 Å². The zero-order chi connectivity index (χ0) is 24.0. The Bertz CT molecular complexity index is 474. The lowest BCUT2D eigenvalue weighted by atomic mass is 10.0. The molecule has 0 aliphatic carbocycles. The summed E-state index contributed by atoms with van der Waals surface area (Å²) < 4.78 is 5.56. The summed E-state index contributed by atoms with van der Waals surface area (Å²) >= 11 is 0. The maximum absolute atomic E-state index is 13.0. The molecule has 6 nitrogen and oxygen atoms in total. The van der Waals surface area contributed by atoms with Gasteiger partial charge in [0.25, 0.3) is 0 Å². The standard InChI is InChI=1S/C26H50N2O4/c1-4-7-10-11-12-17-22-32-26(31)23(18-15-16-21-27)28(24(29)19-13-8-5-2)25(30)20-14-9-6-3/h23H,4-22,27H2,1-3H3/t23-/m0/s1. The number of hydrogen-bond donors (Lipinski definition) is 1. The second kappa shape index (κ2) is 21.4. The van der Waals surface area contributed by atoms with Crippen molar-refractivity contribution in [3.05, 3.63) is 0 Å². The quantitative estimate of drug-likeness (QED) is 0.172. The van der Waals surface area contributed by atoms with Gasteiger partial charge in [-0.05, 0) is 45.1 Å². The molecule has 32 heavy (non-hydrogen) atoms. The largest absolute Gasteiger partial charge is 0.464 e. The maximum Gasteiger partial charge on any atom is 0.329 e. The van der Waals surface area contributed by atoms with Crippen LogP contribution in [0.3, 0.4) is 0 Å². The van der Waals surface area contributed by atoms with Crippen LogP contribution >= 0.6 is 0 Å². The van der Waals surface area contributed by atoms with E-state index in [0.717, 1.165) is 64.2 Å². The molecule has 0 rings (SSSR count). The van der Waals surface area contributed by atoms with Crippen molar-refractivity contribution in [1.29, 1.82) is 0 Å². The SMILES string of the molecule is CCCCCCCCOC(=O)[C@H](CCCCN)N(C(=O)CCCCC)C(=O)CCCCC. The molecule has 0 fully saturated rings. The average Bonchev–Trinajstić information content (AvgIpc) is 2.78. The van der Waals surface area contributed by atoms with E-state index < -0.39 is 12.0 Å². The molecule has 0 aliphatic rings. The van der Waals surface area contributed by atoms with Crippen molar-refractivity contribution < 1.29 is 19.1 Å². The summed E-state index contributed by atoms with van der Waals surface area (Å²) in [4.78, 5) is 40.3. The van der Waals surface area contributed by atoms with E-state index in [2.05, 4.69) is 20.8 Å². The normalized spacial score (nSPS) is 11.9. The fraction of sp³-hybridized carbons (Fsp3) is 0.885. The van der Waals surface area contributed by atoms with Gasteiger partial charge in [-0.1, -0.05) is 78.6 Å². The smallest absolute Gasteiger partial charge is 0.329 e. The monoisotopic (exact) mass is 454 g/mol. The molecule has 0 bridgehead atoms. The van der Waals surface area contributed by atoms with Crippen LogP contribution in [-0.2, 0) is 19.1 Å². The van der Waals surface area contributed by atoms with Gasteiger partial charge in [0.1, 0.15) is 6.04 Å². The van der Waals surface area contributed by atoms with Gasteiger partial charge >= 0.3 is 5.97 Å². The molecule has 2 N–H and O–H groups in total. The van der Waals surface area contributed by atoms with Gasteiger partial charge in [0, 0.05) is 12.8 Å². The first kappa shape index (κ1) is 30.6. The van der Waals surface area contributed by atoms with E-state index in [9.17, 15) is 14.4 Å². The van der Waals surface area contributed by atoms with E-state index in [1.807, 2.05) is 0 Å². The lowest BCUT2D eigenvalue weighted by Gasteiger charge is -2.29. The van der Waals surface area contributed by atoms with Crippen LogP contribution in [0.4, 0.5) is 0 Å². The van der Waals surface area contributed by atoms with Crippen LogP contribution in [-0.4, -0.2) is 41.9 Å². The summed E-state index contributed by atoms with van der Waals surface area (Å²) in [6, 6.07) is -0.829. The Labute approximate surface area is 197 Å². The van der Waals surface area contributed by atoms with Crippen molar-refractivity contribution in [2.24, 2.45) is 5.73 Å². The minimum absolute atomic E-state index is 0.241. The highest BCUT2D eigenvalue weighted by Gasteiger charge is 2.34. The zero-order valence-electron chi connectivity index (χ0n) is 21.2. The van der Waals surface area contributed by atoms with Crippen LogP contribution in [0, 0.1) is 0 Å². The van der Waals surface area contributed by atoms with Crippen LogP contribution < -0.4 is 5.73 Å². The average molecular weight is 455 g/mol. The first-order chi connectivity index (χ1) is 15.5. The van der Waals surface area contributed by atoms with Gasteiger partial charge in [-0.2, -0.15) is 0 Å². The third-order valence-corrected chi connectivity index (χ3v) is 5.78. The van der Waals surface area contributed by atoms with Crippen LogP contribution in [0.2, 0.25) is 0 Å². The van der Waals surface area contributed by atoms with Gasteiger partial charge in [-0.3, -0.25) is 14.5 Å². The molecule has 0 spiro atoms. The number of nitrogens with two attached hydrogens (primary N) is 1. The lowest BCUT2D eigenvalue weighted by molar-refractivity contribution is -0.162. The minimum Gasteiger partial charge on any atom is -0.464 e. The summed E-state index contributed by atoms with van der Waals surface area (Å²) in [6.07, 6.45) is 14.4. The molecule has 0 aromatic rings. The molecule has 0 saturated heterocycles. The third-order valence-electron chi connectivity index (χ3n) is 5.78. The Kier molecular flexibility index (Phi) is 20.5. The Balaban J connectivity index is 5.15. The first-order valence-corrected chi connectivity index (χ1v) is 13.2. The second-order valence-corrected chi connectivity index (χ2v) is 8.81. The molecule has 0 aromatic carbocycles. The predicted molar refractivity (Wildman–Crippen MR) is 131 cm³/mol. The Morgan fingerprint density at radius 2 is 1.19 bits per heavy atom. The highest BCUT2D eigenvalue weighted by molar-refractivity contribution is 5.99. The number of esters is 1. The van der Waals surface area contributed by atoms with Crippen molar-refractivity contribution in [2.75, 3.05) is 13.2 Å². The lowest BCUT2D eigenvalue weighted by Crippen LogP contribution is -2.49. The maximum atomic E-state index is 13.0. The van der Waals surface area contributed by atoms with Gasteiger partial charge in [-0.25, -0.2) is 4.79 Å². The van der Waals surface area contributed by atoms with Crippen molar-refractivity contribution in [3.8, 4) is 0 Å². The van der Waals surface area contributed by atoms with E-state index >= 15 is 0 Å². The number of unbranched alkanes of at least 4 members (excludes halogenated alkanes) is 10. The number of ether oxygens (including phenoxy) is 1. The van der Waals surface area contributed by atoms with Gasteiger partial charge < -0.3 is 10.5 Å². The molecule has 0 aliphatic heterocycles. The topological polar surface area (TPSA) is 89.7 Å². The number of hydrogen-bond acceptors (Lipinski definition) is 5. The fourth-order valence-corrected chi connectivity index (χ4v) is 3.77. The minimum atomic E-state index is -0.829. The van der Waals surface area contributed by atoms with E-state index in [-0.39, 0.29) is 11.8 Å². The van der Waals surface area contributed by atoms with Crippen LogP contribution in [0.25, 0.3) is 0 Å². The highest BCUT2D eigenvalue weighted by atomic mass is 16.5. The second-order valence-electron chi connectivity index (χ2n) is 8.81. The molecule has 0 saturated carbocycles. The van der Waals surface area contributed by atoms with E-state index in [1.165, 1.54) is 24.2 Å². The zero-order valence-corrected chi connectivity index (χ0v) is 21.2. The first-order valence-electron chi connectivity index (χ1n) is 13.2. The molecular formula is C26H50N2O4. The number of imide groups is 1. The van der Waals surface area contributed by atoms with Gasteiger partial charge in [-0.15, -0.1) is 0 Å². The molecule has 0 radical (unpaired) electrons. The van der Waals surface area contributed by atoms with Crippen LogP contribution in [0.15, 0.2) is 0 Å². The number of nitrogens with zero attached hydrogens (tertiary/aromatic N) is 1. The number of carbonyl (C=O) groups excluding carboxylic acids is 3. The molecule has 0 heterocycles. The Hall–Kier alpha value is -1.43. The van der Waals surface area contributed by atoms with Crippen LogP contribution in [0.1, 0.15) is 130 Å². The molecular weight excluding hydrogens is 404 g/mol. The van der Waals surface area contributed by atoms with E-state index in [4.69, 9.17) is 10.5 Å². The molecule has 0 unspecified atom stereocenters. The third kappa shape index (κ3) is 14.6. The molecule has 6 heteroatoms. The summed E-state index contributed by atoms with van der Waals surface area (Å²) in [5.41, 5.74) is 5.63. The number of rotatable bonds is 21. The van der Waals surface area contributed by atoms with Crippen molar-refractivity contribution in [3.63, 3.8) is 0 Å². The summed E-state index contributed by atoms with van der Waals surface area (Å²) in [7, 11) is 0. The van der Waals surface area contributed by atoms with Gasteiger partial charge in [0.2, 0.25) is 11.8 Å². The van der Waals surface area contributed by atoms with Gasteiger partial charge in [0.15, 0.2) is 0 Å². The van der Waals surface area contributed by atoms with Crippen molar-refractivity contribution in [1.82, 2.24) is 4.90 Å². The van der Waals surface area contributed by atoms with Crippen molar-refractivity contribution in [2.45, 2.75) is 136 Å². The molecule has 0 aromatic heterocycles. The number of amides is 2. The summed E-state index contributed by atoms with van der Waals surface area (Å²) in [6.45, 7) is 7.21. The summed E-state index contributed by atoms with van der Waals surface area (Å²) in [5.74, 6) is -0.924. The molecule has 188 valence electrons. The number of carbonyl (C=O) groups is 3. The molecule has 1 atom stereocenters. The Morgan fingerprint density at radius 3 is 1.72 bits per heavy atom. The Morgan fingerprint density at radius 1 is 0.688 bits per heavy atom. The van der Waals surface area contributed by atoms with E-state index in [1.54, 1.807) is 0 Å².